The molecule has 0 aromatic rings. The number of aliphatic hydroxyl groups excluding tert-OH is 1. The Bertz CT molecular complexity index is 346. The molecule has 0 heterocycles. The van der Waals surface area contributed by atoms with Gasteiger partial charge in [-0.3, -0.25) is 4.57 Å². The van der Waals surface area contributed by atoms with Gasteiger partial charge in [-0.25, -0.2) is 0 Å². The molecule has 0 aliphatic rings. The quantitative estimate of drug-likeness (QED) is 0.450. The van der Waals surface area contributed by atoms with Crippen LogP contribution in [0.25, 0.3) is 0 Å². The fourth-order valence-electron chi connectivity index (χ4n) is 1.37. The molecular weight excluding hydrogens is 323 g/mol. The minimum Gasteiger partial charge on any atom is -0.414 e. The van der Waals surface area contributed by atoms with Gasteiger partial charge in [0, 0.05) is 0 Å². The lowest BCUT2D eigenvalue weighted by Gasteiger charge is -2.36. The predicted molar refractivity (Wildman–Crippen MR) is 90.8 cm³/mol. The average molecular weight is 356 g/mol. The lowest BCUT2D eigenvalue weighted by molar-refractivity contribution is 0.0168. The second-order valence-corrected chi connectivity index (χ2v) is 13.5. The molecule has 0 bridgehead atoms. The minimum absolute atomic E-state index is 0.0404. The van der Waals surface area contributed by atoms with Crippen LogP contribution in [0.1, 0.15) is 34.6 Å². The molecule has 1 N–H and O–H groups in total. The van der Waals surface area contributed by atoms with Crippen molar-refractivity contribution in [2.24, 2.45) is 0 Å². The Morgan fingerprint density at radius 3 is 2.00 bits per heavy atom. The maximum absolute atomic E-state index is 12.2. The molecule has 134 valence electrons. The fourth-order valence-corrected chi connectivity index (χ4v) is 3.76. The maximum Gasteiger partial charge on any atom is 0.356 e. The van der Waals surface area contributed by atoms with Crippen molar-refractivity contribution >= 4 is 15.9 Å². The van der Waals surface area contributed by atoms with Crippen LogP contribution >= 0.6 is 7.60 Å². The van der Waals surface area contributed by atoms with Crippen molar-refractivity contribution in [1.82, 2.24) is 0 Å². The zero-order valence-corrected chi connectivity index (χ0v) is 16.9. The van der Waals surface area contributed by atoms with E-state index in [1.165, 1.54) is 0 Å². The van der Waals surface area contributed by atoms with Crippen LogP contribution in [0, 0.1) is 0 Å². The first kappa shape index (κ1) is 22.2. The summed E-state index contributed by atoms with van der Waals surface area (Å²) in [6.45, 7) is 15.0. The molecule has 0 amide bonds. The lowest BCUT2D eigenvalue weighted by atomic mass is 10.2. The molecule has 1 unspecified atom stereocenters. The molecule has 6 nitrogen and oxygen atoms in total. The largest absolute Gasteiger partial charge is 0.414 e. The summed E-state index contributed by atoms with van der Waals surface area (Å²) in [7, 11) is -5.11. The second kappa shape index (κ2) is 9.52. The molecule has 0 spiro atoms. The van der Waals surface area contributed by atoms with E-state index < -0.39 is 22.0 Å². The molecule has 0 aromatic carbocycles. The smallest absolute Gasteiger partial charge is 0.356 e. The molecule has 0 saturated carbocycles. The van der Waals surface area contributed by atoms with Crippen molar-refractivity contribution in [2.75, 3.05) is 32.8 Å². The SMILES string of the molecule is CCOP(=O)(COCC(O)CO[Si](C)(C)C(C)(C)C)OCC. The van der Waals surface area contributed by atoms with Crippen LogP contribution in [-0.2, 0) is 22.8 Å². The zero-order valence-electron chi connectivity index (χ0n) is 15.0. The first-order chi connectivity index (χ1) is 9.97. The highest BCUT2D eigenvalue weighted by Crippen LogP contribution is 2.47. The zero-order chi connectivity index (χ0) is 17.4. The van der Waals surface area contributed by atoms with Gasteiger partial charge in [-0.05, 0) is 32.0 Å². The number of ether oxygens (including phenoxy) is 1. The minimum atomic E-state index is -3.22. The Morgan fingerprint density at radius 1 is 1.09 bits per heavy atom. The van der Waals surface area contributed by atoms with E-state index in [9.17, 15) is 9.67 Å². The Hall–Kier alpha value is 0.247. The Morgan fingerprint density at radius 2 is 1.59 bits per heavy atom. The lowest BCUT2D eigenvalue weighted by Crippen LogP contribution is -2.43. The summed E-state index contributed by atoms with van der Waals surface area (Å²) < 4.78 is 33.6. The van der Waals surface area contributed by atoms with Crippen molar-refractivity contribution in [3.8, 4) is 0 Å². The predicted octanol–water partition coefficient (Wildman–Crippen LogP) is 3.61. The van der Waals surface area contributed by atoms with E-state index in [0.29, 0.717) is 0 Å². The van der Waals surface area contributed by atoms with Gasteiger partial charge in [0.15, 0.2) is 8.32 Å². The van der Waals surface area contributed by atoms with E-state index in [4.69, 9.17) is 18.2 Å². The first-order valence-electron chi connectivity index (χ1n) is 7.75. The molecule has 0 aliphatic carbocycles. The highest BCUT2D eigenvalue weighted by atomic mass is 31.2. The van der Waals surface area contributed by atoms with Gasteiger partial charge in [-0.15, -0.1) is 0 Å². The summed E-state index contributed by atoms with van der Waals surface area (Å²) in [6, 6.07) is 0. The fraction of sp³-hybridized carbons (Fsp3) is 1.00. The number of hydrogen-bond donors (Lipinski definition) is 1. The molecule has 0 aromatic heterocycles. The van der Waals surface area contributed by atoms with Gasteiger partial charge in [0.05, 0.1) is 32.5 Å². The van der Waals surface area contributed by atoms with Crippen LogP contribution in [0.4, 0.5) is 0 Å². The van der Waals surface area contributed by atoms with Crippen molar-refractivity contribution in [1.29, 1.82) is 0 Å². The molecule has 0 fully saturated rings. The molecule has 0 radical (unpaired) electrons. The molecule has 0 saturated heterocycles. The summed E-state index contributed by atoms with van der Waals surface area (Å²) in [5.41, 5.74) is 0. The standard InChI is InChI=1S/C14H33O6PSi/c1-8-18-21(16,19-9-2)12-17-10-13(15)11-20-22(6,7)14(3,4)5/h13,15H,8-12H2,1-7H3. The van der Waals surface area contributed by atoms with Gasteiger partial charge < -0.3 is 23.3 Å². The van der Waals surface area contributed by atoms with Gasteiger partial charge in [-0.1, -0.05) is 20.8 Å². The van der Waals surface area contributed by atoms with Crippen LogP contribution in [0.2, 0.25) is 18.1 Å². The van der Waals surface area contributed by atoms with Crippen LogP contribution in [-0.4, -0.2) is 52.3 Å². The van der Waals surface area contributed by atoms with Crippen molar-refractivity contribution in [3.05, 3.63) is 0 Å². The van der Waals surface area contributed by atoms with E-state index in [1.807, 2.05) is 0 Å². The number of aliphatic hydroxyl groups is 1. The van der Waals surface area contributed by atoms with E-state index in [-0.39, 0.29) is 37.8 Å². The second-order valence-electron chi connectivity index (χ2n) is 6.67. The Kier molecular flexibility index (Phi) is 9.63. The number of hydrogen-bond acceptors (Lipinski definition) is 6. The molecule has 0 rings (SSSR count). The highest BCUT2D eigenvalue weighted by molar-refractivity contribution is 7.53. The molecule has 22 heavy (non-hydrogen) atoms. The van der Waals surface area contributed by atoms with Crippen molar-refractivity contribution < 1.29 is 27.9 Å². The monoisotopic (exact) mass is 356 g/mol. The van der Waals surface area contributed by atoms with Gasteiger partial charge >= 0.3 is 7.60 Å². The third kappa shape index (κ3) is 8.20. The van der Waals surface area contributed by atoms with E-state index in [0.717, 1.165) is 0 Å². The van der Waals surface area contributed by atoms with Crippen LogP contribution in [0.3, 0.4) is 0 Å². The van der Waals surface area contributed by atoms with Gasteiger partial charge in [-0.2, -0.15) is 0 Å². The topological polar surface area (TPSA) is 74.2 Å². The van der Waals surface area contributed by atoms with Gasteiger partial charge in [0.1, 0.15) is 6.35 Å². The summed E-state index contributed by atoms with van der Waals surface area (Å²) in [4.78, 5) is 0. The van der Waals surface area contributed by atoms with E-state index in [1.54, 1.807) is 13.8 Å². The van der Waals surface area contributed by atoms with Crippen LogP contribution in [0.5, 0.6) is 0 Å². The molecule has 8 heteroatoms. The summed E-state index contributed by atoms with van der Waals surface area (Å²) in [5.74, 6) is 0. The van der Waals surface area contributed by atoms with Crippen molar-refractivity contribution in [2.45, 2.75) is 58.9 Å². The summed E-state index contributed by atoms with van der Waals surface area (Å²) in [6.07, 6.45) is -0.919. The third-order valence-corrected chi connectivity index (χ3v) is 9.96. The van der Waals surface area contributed by atoms with Crippen molar-refractivity contribution in [3.63, 3.8) is 0 Å². The number of rotatable bonds is 11. The Labute approximate surface area is 136 Å². The van der Waals surface area contributed by atoms with E-state index >= 15 is 0 Å². The van der Waals surface area contributed by atoms with Crippen LogP contribution < -0.4 is 0 Å². The van der Waals surface area contributed by atoms with Gasteiger partial charge in [0.25, 0.3) is 0 Å². The molecule has 1 atom stereocenters. The molecule has 0 aliphatic heterocycles. The normalized spacial score (nSPS) is 15.1. The third-order valence-electron chi connectivity index (χ3n) is 3.65. The highest BCUT2D eigenvalue weighted by Gasteiger charge is 2.37. The van der Waals surface area contributed by atoms with Crippen LogP contribution in [0.15, 0.2) is 0 Å². The summed E-state index contributed by atoms with van der Waals surface area (Å²) in [5, 5.41) is 10.0. The first-order valence-corrected chi connectivity index (χ1v) is 12.4. The Balaban J connectivity index is 4.19. The van der Waals surface area contributed by atoms with Gasteiger partial charge in [0.2, 0.25) is 0 Å². The summed E-state index contributed by atoms with van der Waals surface area (Å²) >= 11 is 0. The maximum atomic E-state index is 12.2. The van der Waals surface area contributed by atoms with E-state index in [2.05, 4.69) is 33.9 Å². The average Bonchev–Trinajstić information content (AvgIpc) is 2.35. The molecular formula is C14H33O6PSi.